The van der Waals surface area contributed by atoms with Crippen LogP contribution in [0.2, 0.25) is 0 Å². The van der Waals surface area contributed by atoms with Crippen LogP contribution in [0.4, 0.5) is 0 Å². The summed E-state index contributed by atoms with van der Waals surface area (Å²) in [7, 11) is 9.78. The first-order chi connectivity index (χ1) is 15.4. The molecule has 0 aliphatic rings. The molecule has 0 aliphatic carbocycles. The number of hydrogen-bond donors (Lipinski definition) is 0. The van der Waals surface area contributed by atoms with Crippen molar-refractivity contribution in [1.82, 2.24) is 25.1 Å². The van der Waals surface area contributed by atoms with E-state index >= 15 is 0 Å². The third-order valence-electron chi connectivity index (χ3n) is 4.23. The Hall–Kier alpha value is -2.11. The van der Waals surface area contributed by atoms with Crippen molar-refractivity contribution in [3.05, 3.63) is 83.9 Å². The Morgan fingerprint density at radius 3 is 2.06 bits per heavy atom. The number of nitrogens with zero attached hydrogens (tertiary/aromatic N) is 5. The molecule has 0 radical (unpaired) electrons. The van der Waals surface area contributed by atoms with Gasteiger partial charge in [0.15, 0.2) is 0 Å². The van der Waals surface area contributed by atoms with Crippen molar-refractivity contribution in [3.63, 3.8) is 0 Å². The van der Waals surface area contributed by atoms with Gasteiger partial charge < -0.3 is 10.2 Å². The van der Waals surface area contributed by atoms with Gasteiger partial charge in [-0.15, -0.1) is 0 Å². The van der Waals surface area contributed by atoms with Crippen molar-refractivity contribution in [1.29, 1.82) is 0 Å². The second-order valence-corrected chi connectivity index (χ2v) is 11.0. The van der Waals surface area contributed by atoms with Crippen LogP contribution in [0.3, 0.4) is 0 Å². The molecule has 0 atom stereocenters. The summed E-state index contributed by atoms with van der Waals surface area (Å²) in [6.07, 6.45) is 6.54. The number of halogens is 2. The maximum atomic E-state index is 4.89. The molecule has 4 rings (SSSR count). The molecule has 0 aromatic carbocycles. The molecule has 0 bridgehead atoms. The third kappa shape index (κ3) is 9.17. The van der Waals surface area contributed by atoms with Gasteiger partial charge >= 0.3 is 34.8 Å². The van der Waals surface area contributed by atoms with Crippen LogP contribution in [0.5, 0.6) is 0 Å². The molecule has 0 spiro atoms. The van der Waals surface area contributed by atoms with Gasteiger partial charge in [-0.3, -0.25) is 15.0 Å². The zero-order valence-electron chi connectivity index (χ0n) is 18.5. The first-order valence-corrected chi connectivity index (χ1v) is 16.0. The van der Waals surface area contributed by atoms with Crippen LogP contribution in [-0.2, 0) is 22.1 Å². The number of aromatic nitrogens is 5. The Balaban J connectivity index is 0.000000211. The quantitative estimate of drug-likeness (QED) is 0.255. The standard InChI is InChI=1S/C15H18N2.C9H8N3.2ClH.Ir/c1-11(2)8-13-5-7-17-15(10-13)14-9-12(3)4-6-16-14;1-7-6-9(12-11-7)8-4-2-3-5-10-8;;;/h4-7,9-11H,8H2,1-3H3;2-6H,1H3;2*1H;/q;-1;;;+3/p-2. The van der Waals surface area contributed by atoms with Crippen molar-refractivity contribution >= 4 is 19.2 Å². The fraction of sp³-hybridized carbons (Fsp3) is 0.250. The van der Waals surface area contributed by atoms with Gasteiger partial charge in [0.2, 0.25) is 0 Å². The van der Waals surface area contributed by atoms with E-state index in [1.807, 2.05) is 49.6 Å². The van der Waals surface area contributed by atoms with E-state index in [0.29, 0.717) is 5.92 Å². The van der Waals surface area contributed by atoms with Crippen LogP contribution in [0.25, 0.3) is 22.8 Å². The van der Waals surface area contributed by atoms with Gasteiger partial charge in [-0.25, -0.2) is 0 Å². The minimum absolute atomic E-state index is 0.556. The van der Waals surface area contributed by atoms with E-state index in [0.717, 1.165) is 34.9 Å². The summed E-state index contributed by atoms with van der Waals surface area (Å²) in [4.78, 5) is 12.9. The summed E-state index contributed by atoms with van der Waals surface area (Å²) in [5.41, 5.74) is 7.10. The van der Waals surface area contributed by atoms with Crippen molar-refractivity contribution < 1.29 is 15.7 Å². The number of rotatable bonds is 4. The predicted octanol–water partition coefficient (Wildman–Crippen LogP) is 6.44. The fourth-order valence-corrected chi connectivity index (χ4v) is 2.92. The van der Waals surface area contributed by atoms with Crippen LogP contribution in [0, 0.1) is 19.8 Å². The van der Waals surface area contributed by atoms with E-state index in [2.05, 4.69) is 64.1 Å². The molecule has 0 saturated carbocycles. The average molecular weight is 648 g/mol. The van der Waals surface area contributed by atoms with Crippen LogP contribution < -0.4 is 5.10 Å². The summed E-state index contributed by atoms with van der Waals surface area (Å²) < 4.78 is 0. The van der Waals surface area contributed by atoms with Gasteiger partial charge in [-0.2, -0.15) is 0 Å². The van der Waals surface area contributed by atoms with E-state index < -0.39 is 15.7 Å². The first kappa shape index (κ1) is 26.1. The molecule has 0 fully saturated rings. The maximum absolute atomic E-state index is 4.89. The normalized spacial score (nSPS) is 10.2. The molecule has 0 saturated heterocycles. The van der Waals surface area contributed by atoms with Crippen LogP contribution in [0.15, 0.2) is 67.1 Å². The molecule has 32 heavy (non-hydrogen) atoms. The molecule has 4 aromatic heterocycles. The van der Waals surface area contributed by atoms with Gasteiger partial charge in [0.05, 0.1) is 11.4 Å². The van der Waals surface area contributed by atoms with Gasteiger partial charge in [-0.1, -0.05) is 31.7 Å². The summed E-state index contributed by atoms with van der Waals surface area (Å²) >= 11 is -0.556. The summed E-state index contributed by atoms with van der Waals surface area (Å²) in [5, 5.41) is 7.88. The SMILES string of the molecule is Cc1cc(-c2ccccn2)[n-]n1.Cc1ccnc(-c2cc(CC(C)C)ccn2)c1.[Cl][Ir+][Cl]. The van der Waals surface area contributed by atoms with Gasteiger partial charge in [0.1, 0.15) is 0 Å². The zero-order chi connectivity index (χ0) is 23.3. The van der Waals surface area contributed by atoms with Gasteiger partial charge in [-0.05, 0) is 73.7 Å². The van der Waals surface area contributed by atoms with E-state index in [4.69, 9.17) is 19.2 Å². The molecular formula is C24H26Cl2IrN5. The topological polar surface area (TPSA) is 65.7 Å². The Morgan fingerprint density at radius 1 is 0.844 bits per heavy atom. The van der Waals surface area contributed by atoms with Crippen molar-refractivity contribution in [2.24, 2.45) is 5.92 Å². The molecule has 0 N–H and O–H groups in total. The monoisotopic (exact) mass is 647 g/mol. The van der Waals surface area contributed by atoms with Crippen LogP contribution in [-0.4, -0.2) is 20.1 Å². The molecule has 0 amide bonds. The number of aryl methyl sites for hydroxylation is 2. The molecule has 5 nitrogen and oxygen atoms in total. The fourth-order valence-electron chi connectivity index (χ4n) is 2.92. The molecule has 4 heterocycles. The van der Waals surface area contributed by atoms with E-state index in [1.165, 1.54) is 11.1 Å². The predicted molar refractivity (Wildman–Crippen MR) is 128 cm³/mol. The summed E-state index contributed by atoms with van der Waals surface area (Å²) in [6, 6.07) is 16.0. The molecule has 0 unspecified atom stereocenters. The second kappa shape index (κ2) is 14.1. The molecule has 170 valence electrons. The molecule has 4 aromatic rings. The Morgan fingerprint density at radius 2 is 1.50 bits per heavy atom. The van der Waals surface area contributed by atoms with E-state index in [1.54, 1.807) is 6.20 Å². The number of pyridine rings is 3. The van der Waals surface area contributed by atoms with Crippen LogP contribution >= 0.6 is 19.2 Å². The summed E-state index contributed by atoms with van der Waals surface area (Å²) in [6.45, 7) is 8.44. The van der Waals surface area contributed by atoms with Crippen molar-refractivity contribution in [3.8, 4) is 22.8 Å². The second-order valence-electron chi connectivity index (χ2n) is 7.50. The van der Waals surface area contributed by atoms with Crippen LogP contribution in [0.1, 0.15) is 30.7 Å². The Kier molecular flexibility index (Phi) is 11.5. The van der Waals surface area contributed by atoms with Crippen molar-refractivity contribution in [2.45, 2.75) is 34.1 Å². The molecule has 0 aliphatic heterocycles. The van der Waals surface area contributed by atoms with Crippen molar-refractivity contribution in [2.75, 3.05) is 0 Å². The Bertz CT molecular complexity index is 1070. The molecule has 8 heteroatoms. The molecular weight excluding hydrogens is 621 g/mol. The zero-order valence-corrected chi connectivity index (χ0v) is 22.4. The third-order valence-corrected chi connectivity index (χ3v) is 4.23. The number of hydrogen-bond acceptors (Lipinski definition) is 4. The first-order valence-electron chi connectivity index (χ1n) is 10.0. The Labute approximate surface area is 206 Å². The van der Waals surface area contributed by atoms with Gasteiger partial charge in [0, 0.05) is 30.0 Å². The summed E-state index contributed by atoms with van der Waals surface area (Å²) in [5.74, 6) is 0.663. The van der Waals surface area contributed by atoms with Gasteiger partial charge in [0.25, 0.3) is 0 Å². The minimum atomic E-state index is -0.556. The average Bonchev–Trinajstić information content (AvgIpc) is 3.22. The van der Waals surface area contributed by atoms with E-state index in [-0.39, 0.29) is 0 Å². The van der Waals surface area contributed by atoms with E-state index in [9.17, 15) is 0 Å².